The maximum absolute atomic E-state index is 14.8. The van der Waals surface area contributed by atoms with Crippen LogP contribution in [0.15, 0.2) is 60.9 Å². The summed E-state index contributed by atoms with van der Waals surface area (Å²) in [7, 11) is 1.67. The van der Waals surface area contributed by atoms with E-state index in [-0.39, 0.29) is 17.8 Å². The smallest absolute Gasteiger partial charge is 0.186 e. The van der Waals surface area contributed by atoms with Gasteiger partial charge in [-0.25, -0.2) is 13.9 Å². The third-order valence-electron chi connectivity index (χ3n) is 5.16. The van der Waals surface area contributed by atoms with Gasteiger partial charge in [0, 0.05) is 24.6 Å². The van der Waals surface area contributed by atoms with E-state index in [0.717, 1.165) is 11.3 Å². The highest BCUT2D eigenvalue weighted by Crippen LogP contribution is 2.24. The van der Waals surface area contributed by atoms with Crippen LogP contribution in [0.5, 0.6) is 0 Å². The van der Waals surface area contributed by atoms with Gasteiger partial charge in [0.2, 0.25) is 0 Å². The molecule has 0 spiro atoms. The van der Waals surface area contributed by atoms with E-state index in [0.29, 0.717) is 28.4 Å². The summed E-state index contributed by atoms with van der Waals surface area (Å²) < 4.78 is 17.7. The number of benzene rings is 1. The predicted molar refractivity (Wildman–Crippen MR) is 115 cm³/mol. The first-order valence-corrected chi connectivity index (χ1v) is 9.96. The lowest BCUT2D eigenvalue weighted by atomic mass is 10.0. The molecule has 0 aliphatic carbocycles. The largest absolute Gasteiger partial charge is 0.292 e. The second-order valence-corrected chi connectivity index (χ2v) is 7.44. The number of hydrogen-bond acceptors (Lipinski definition) is 6. The topological polar surface area (TPSA) is 90.9 Å². The zero-order chi connectivity index (χ0) is 22.2. The molecule has 32 heavy (non-hydrogen) atoms. The zero-order valence-electron chi connectivity index (χ0n) is 17.4. The van der Waals surface area contributed by atoms with Crippen molar-refractivity contribution >= 4 is 11.4 Å². The number of nitrogens with zero attached hydrogens (tertiary/aromatic N) is 7. The molecule has 0 aliphatic heterocycles. The summed E-state index contributed by atoms with van der Waals surface area (Å²) >= 11 is 0. The minimum atomic E-state index is -0.533. The predicted octanol–water partition coefficient (Wildman–Crippen LogP) is 3.46. The van der Waals surface area contributed by atoms with Gasteiger partial charge in [0.05, 0.1) is 29.3 Å². The standard InChI is InChI=1S/C23H18FN7O/c1-14-8-9-19(28-27-14)17-12-25-30(2)22(17)20(32)10-16-11-21-26-23(15-6-4-3-5-7-15)29-31(21)13-18(16)24/h3-9,11-13H,10H2,1-2H3. The van der Waals surface area contributed by atoms with Gasteiger partial charge in [0.1, 0.15) is 11.5 Å². The van der Waals surface area contributed by atoms with Gasteiger partial charge in [-0.3, -0.25) is 9.48 Å². The molecule has 0 N–H and O–H groups in total. The number of aromatic nitrogens is 7. The van der Waals surface area contributed by atoms with Crippen LogP contribution < -0.4 is 0 Å². The summed E-state index contributed by atoms with van der Waals surface area (Å²) in [5, 5.41) is 16.7. The molecule has 0 atom stereocenters. The molecule has 8 nitrogen and oxygen atoms in total. The summed E-state index contributed by atoms with van der Waals surface area (Å²) in [5.74, 6) is -0.331. The van der Waals surface area contributed by atoms with Crippen molar-refractivity contribution in [2.24, 2.45) is 7.05 Å². The Hall–Kier alpha value is -4.27. The van der Waals surface area contributed by atoms with Crippen LogP contribution in [0.25, 0.3) is 28.3 Å². The molecule has 0 aliphatic rings. The summed E-state index contributed by atoms with van der Waals surface area (Å²) in [5.41, 5.74) is 3.72. The van der Waals surface area contributed by atoms with E-state index in [1.165, 1.54) is 15.4 Å². The fourth-order valence-electron chi connectivity index (χ4n) is 3.54. The Morgan fingerprint density at radius 3 is 2.66 bits per heavy atom. The number of carbonyl (C=O) groups is 1. The first-order valence-electron chi connectivity index (χ1n) is 9.96. The average Bonchev–Trinajstić information content (AvgIpc) is 3.38. The maximum atomic E-state index is 14.8. The van der Waals surface area contributed by atoms with Crippen molar-refractivity contribution in [3.8, 4) is 22.6 Å². The van der Waals surface area contributed by atoms with E-state index in [1.54, 1.807) is 25.4 Å². The van der Waals surface area contributed by atoms with E-state index in [1.807, 2.05) is 43.3 Å². The molecule has 0 saturated heterocycles. The highest BCUT2D eigenvalue weighted by atomic mass is 19.1. The Morgan fingerprint density at radius 2 is 1.91 bits per heavy atom. The Balaban J connectivity index is 1.48. The Kier molecular flexibility index (Phi) is 4.78. The number of halogens is 1. The molecule has 0 radical (unpaired) electrons. The monoisotopic (exact) mass is 427 g/mol. The summed E-state index contributed by atoms with van der Waals surface area (Å²) in [4.78, 5) is 17.6. The molecular formula is C23H18FN7O. The molecule has 9 heteroatoms. The lowest BCUT2D eigenvalue weighted by molar-refractivity contribution is 0.0983. The number of pyridine rings is 1. The Labute approximate surface area is 182 Å². The van der Waals surface area contributed by atoms with Crippen molar-refractivity contribution in [1.82, 2.24) is 34.6 Å². The molecule has 0 bridgehead atoms. The quantitative estimate of drug-likeness (QED) is 0.399. The third-order valence-corrected chi connectivity index (χ3v) is 5.16. The number of hydrogen-bond donors (Lipinski definition) is 0. The fourth-order valence-corrected chi connectivity index (χ4v) is 3.54. The second-order valence-electron chi connectivity index (χ2n) is 7.44. The van der Waals surface area contributed by atoms with Crippen LogP contribution >= 0.6 is 0 Å². The molecule has 0 unspecified atom stereocenters. The van der Waals surface area contributed by atoms with Gasteiger partial charge in [0.25, 0.3) is 0 Å². The second kappa shape index (κ2) is 7.77. The molecule has 0 amide bonds. The molecule has 4 aromatic heterocycles. The van der Waals surface area contributed by atoms with Crippen molar-refractivity contribution < 1.29 is 9.18 Å². The Morgan fingerprint density at radius 1 is 1.09 bits per heavy atom. The van der Waals surface area contributed by atoms with Gasteiger partial charge in [-0.2, -0.15) is 15.3 Å². The van der Waals surface area contributed by atoms with Gasteiger partial charge >= 0.3 is 0 Å². The van der Waals surface area contributed by atoms with E-state index < -0.39 is 5.82 Å². The number of fused-ring (bicyclic) bond motifs is 1. The number of Topliss-reactive ketones (excluding diaryl/α,β-unsaturated/α-hetero) is 1. The van der Waals surface area contributed by atoms with Gasteiger partial charge in [-0.15, -0.1) is 5.10 Å². The van der Waals surface area contributed by atoms with Crippen molar-refractivity contribution in [3.05, 3.63) is 83.7 Å². The summed E-state index contributed by atoms with van der Waals surface area (Å²) in [6.45, 7) is 1.83. The van der Waals surface area contributed by atoms with Gasteiger partial charge < -0.3 is 0 Å². The molecule has 0 fully saturated rings. The maximum Gasteiger partial charge on any atom is 0.186 e. The average molecular weight is 427 g/mol. The minimum absolute atomic E-state index is 0.151. The van der Waals surface area contributed by atoms with E-state index in [9.17, 15) is 9.18 Å². The van der Waals surface area contributed by atoms with Crippen molar-refractivity contribution in [3.63, 3.8) is 0 Å². The van der Waals surface area contributed by atoms with E-state index in [4.69, 9.17) is 0 Å². The molecule has 5 aromatic rings. The normalized spacial score (nSPS) is 11.2. The van der Waals surface area contributed by atoms with Crippen LogP contribution in [0.3, 0.4) is 0 Å². The van der Waals surface area contributed by atoms with Crippen LogP contribution in [0.4, 0.5) is 4.39 Å². The number of rotatable bonds is 5. The molecule has 1 aromatic carbocycles. The van der Waals surface area contributed by atoms with Crippen LogP contribution in [0, 0.1) is 12.7 Å². The van der Waals surface area contributed by atoms with Gasteiger partial charge in [-0.05, 0) is 25.1 Å². The van der Waals surface area contributed by atoms with Gasteiger partial charge in [-0.1, -0.05) is 30.3 Å². The van der Waals surface area contributed by atoms with Crippen molar-refractivity contribution in [2.75, 3.05) is 0 Å². The molecular weight excluding hydrogens is 409 g/mol. The molecule has 158 valence electrons. The van der Waals surface area contributed by atoms with E-state index in [2.05, 4.69) is 25.4 Å². The summed E-state index contributed by atoms with van der Waals surface area (Å²) in [6, 6.07) is 14.6. The minimum Gasteiger partial charge on any atom is -0.292 e. The van der Waals surface area contributed by atoms with Crippen LogP contribution in [0.1, 0.15) is 21.7 Å². The number of ketones is 1. The van der Waals surface area contributed by atoms with E-state index >= 15 is 0 Å². The first kappa shape index (κ1) is 19.7. The summed E-state index contributed by atoms with van der Waals surface area (Å²) in [6.07, 6.45) is 2.66. The number of carbonyl (C=O) groups excluding carboxylic acids is 1. The zero-order valence-corrected chi connectivity index (χ0v) is 17.4. The SMILES string of the molecule is Cc1ccc(-c2cnn(C)c2C(=O)Cc2cc3nc(-c4ccccc4)nn3cc2F)nn1. The van der Waals surface area contributed by atoms with Crippen molar-refractivity contribution in [2.45, 2.75) is 13.3 Å². The lowest BCUT2D eigenvalue weighted by Gasteiger charge is -2.07. The lowest BCUT2D eigenvalue weighted by Crippen LogP contribution is -2.12. The van der Waals surface area contributed by atoms with Crippen LogP contribution in [-0.4, -0.2) is 40.4 Å². The number of aryl methyl sites for hydroxylation is 2. The first-order chi connectivity index (χ1) is 15.5. The third kappa shape index (κ3) is 3.53. The highest BCUT2D eigenvalue weighted by Gasteiger charge is 2.21. The highest BCUT2D eigenvalue weighted by molar-refractivity contribution is 6.01. The van der Waals surface area contributed by atoms with Crippen LogP contribution in [-0.2, 0) is 13.5 Å². The van der Waals surface area contributed by atoms with Crippen molar-refractivity contribution in [1.29, 1.82) is 0 Å². The molecule has 0 saturated carbocycles. The molecule has 4 heterocycles. The fraction of sp³-hybridized carbons (Fsp3) is 0.130. The van der Waals surface area contributed by atoms with Gasteiger partial charge in [0.15, 0.2) is 17.3 Å². The molecule has 5 rings (SSSR count). The Bertz CT molecular complexity index is 1440. The van der Waals surface area contributed by atoms with Crippen LogP contribution in [0.2, 0.25) is 0 Å².